The summed E-state index contributed by atoms with van der Waals surface area (Å²) >= 11 is 0. The number of rotatable bonds is 55. The van der Waals surface area contributed by atoms with Gasteiger partial charge < -0.3 is 28.5 Å². The standard InChI is InChI=1S/C64H117N2O7P/c1-7-10-13-16-19-22-25-28-29-30-31-32-33-34-35-36-37-39-41-44-47-50-53-56-63(67)65-61(60-72-74(69,70)71-59-58-66(4,5)6)62(55-52-49-46-43-40-27-24-21-18-15-12-9-3)73-64(68)57-54-51-48-45-42-38-26-23-20-17-14-11-8-2/h11,14,17,19-20,22-23,26,28-29,52,55,61-62H,7-10,12-13,15-16,18,21,24-25,27,30-51,53-54,56-60H2,1-6H3,(H-,65,67,69,70)/b14-11+,20-17+,22-19-,26-23-,29-28-,55-52-. The van der Waals surface area contributed by atoms with E-state index >= 15 is 0 Å². The Bertz CT molecular complexity index is 1500. The van der Waals surface area contributed by atoms with Gasteiger partial charge in [-0.3, -0.25) is 14.2 Å². The van der Waals surface area contributed by atoms with Gasteiger partial charge in [-0.2, -0.15) is 0 Å². The fraction of sp³-hybridized carbons (Fsp3) is 0.781. The summed E-state index contributed by atoms with van der Waals surface area (Å²) in [6, 6.07) is -0.898. The second kappa shape index (κ2) is 53.8. The molecule has 0 aromatic carbocycles. The maximum Gasteiger partial charge on any atom is 0.306 e. The topological polar surface area (TPSA) is 114 Å². The molecule has 0 spiro atoms. The van der Waals surface area contributed by atoms with Crippen molar-refractivity contribution in [2.75, 3.05) is 40.9 Å². The third-order valence-corrected chi connectivity index (χ3v) is 14.4. The van der Waals surface area contributed by atoms with Crippen molar-refractivity contribution >= 4 is 19.7 Å². The normalized spacial score (nSPS) is 14.2. The van der Waals surface area contributed by atoms with Crippen LogP contribution >= 0.6 is 7.82 Å². The second-order valence-corrected chi connectivity index (χ2v) is 23.3. The van der Waals surface area contributed by atoms with Gasteiger partial charge in [0.2, 0.25) is 5.91 Å². The lowest BCUT2D eigenvalue weighted by molar-refractivity contribution is -0.870. The first-order chi connectivity index (χ1) is 35.9. The van der Waals surface area contributed by atoms with Gasteiger partial charge in [0.05, 0.1) is 33.8 Å². The largest absolute Gasteiger partial charge is 0.756 e. The Balaban J connectivity index is 5.17. The van der Waals surface area contributed by atoms with E-state index in [9.17, 15) is 19.0 Å². The van der Waals surface area contributed by atoms with Gasteiger partial charge in [0.1, 0.15) is 19.3 Å². The molecule has 0 heterocycles. The summed E-state index contributed by atoms with van der Waals surface area (Å²) in [5.41, 5.74) is 0. The van der Waals surface area contributed by atoms with Gasteiger partial charge in [-0.05, 0) is 83.1 Å². The van der Waals surface area contributed by atoms with E-state index < -0.39 is 26.6 Å². The van der Waals surface area contributed by atoms with E-state index in [4.69, 9.17) is 13.8 Å². The number of esters is 1. The Kier molecular flexibility index (Phi) is 52.0. The number of unbranched alkanes of at least 4 members (excludes halogenated alkanes) is 31. The van der Waals surface area contributed by atoms with E-state index in [-0.39, 0.29) is 24.9 Å². The van der Waals surface area contributed by atoms with Gasteiger partial charge in [0, 0.05) is 12.8 Å². The molecule has 9 nitrogen and oxygen atoms in total. The minimum atomic E-state index is -4.70. The van der Waals surface area contributed by atoms with Crippen LogP contribution in [0.3, 0.4) is 0 Å². The van der Waals surface area contributed by atoms with Gasteiger partial charge >= 0.3 is 5.97 Å². The van der Waals surface area contributed by atoms with Crippen LogP contribution < -0.4 is 10.2 Å². The molecule has 10 heteroatoms. The molecule has 0 fully saturated rings. The van der Waals surface area contributed by atoms with Crippen molar-refractivity contribution in [2.45, 2.75) is 283 Å². The Morgan fingerprint density at radius 3 is 1.42 bits per heavy atom. The quantitative estimate of drug-likeness (QED) is 0.0161. The zero-order chi connectivity index (χ0) is 54.3. The first-order valence-electron chi connectivity index (χ1n) is 30.8. The highest BCUT2D eigenvalue weighted by molar-refractivity contribution is 7.45. The first kappa shape index (κ1) is 71.5. The van der Waals surface area contributed by atoms with Gasteiger partial charge in [0.25, 0.3) is 7.82 Å². The zero-order valence-corrected chi connectivity index (χ0v) is 49.9. The van der Waals surface area contributed by atoms with E-state index in [1.165, 1.54) is 148 Å². The number of nitrogens with one attached hydrogen (secondary N) is 1. The SMILES string of the molecule is CC/C=C/C=C/C=C\CCCCCCCC(=O)OC(/C=C\CCCCCCCCCCCC)C(COP(=O)([O-])OCC[N+](C)(C)C)NC(=O)CCCCCCCCCCCCCCC/C=C\C/C=C\CCCCC. The molecule has 0 rings (SSSR count). The van der Waals surface area contributed by atoms with Crippen molar-refractivity contribution in [2.24, 2.45) is 0 Å². The number of hydrogen-bond donors (Lipinski definition) is 1. The molecule has 430 valence electrons. The average Bonchev–Trinajstić information content (AvgIpc) is 3.36. The number of allylic oxidation sites excluding steroid dienone is 11. The monoisotopic (exact) mass is 1060 g/mol. The lowest BCUT2D eigenvalue weighted by atomic mass is 10.0. The number of carbonyl (C=O) groups is 2. The summed E-state index contributed by atoms with van der Waals surface area (Å²) in [5, 5.41) is 3.02. The smallest absolute Gasteiger partial charge is 0.306 e. The van der Waals surface area contributed by atoms with Gasteiger partial charge in [0.15, 0.2) is 0 Å². The van der Waals surface area contributed by atoms with E-state index in [0.717, 1.165) is 83.5 Å². The van der Waals surface area contributed by atoms with Crippen LogP contribution in [0, 0.1) is 0 Å². The number of ether oxygens (including phenoxy) is 1. The van der Waals surface area contributed by atoms with Gasteiger partial charge in [-0.1, -0.05) is 248 Å². The molecule has 0 aliphatic heterocycles. The van der Waals surface area contributed by atoms with Crippen LogP contribution in [0.15, 0.2) is 72.9 Å². The van der Waals surface area contributed by atoms with Crippen LogP contribution in [0.25, 0.3) is 0 Å². The van der Waals surface area contributed by atoms with Crippen LogP contribution in [0.5, 0.6) is 0 Å². The minimum Gasteiger partial charge on any atom is -0.756 e. The van der Waals surface area contributed by atoms with Crippen molar-refractivity contribution in [3.63, 3.8) is 0 Å². The van der Waals surface area contributed by atoms with Crippen LogP contribution in [0.2, 0.25) is 0 Å². The van der Waals surface area contributed by atoms with Crippen molar-refractivity contribution in [3.05, 3.63) is 72.9 Å². The summed E-state index contributed by atoms with van der Waals surface area (Å²) in [4.78, 5) is 39.9. The van der Waals surface area contributed by atoms with Crippen molar-refractivity contribution in [1.29, 1.82) is 0 Å². The molecule has 0 saturated heterocycles. The number of carbonyl (C=O) groups excluding carboxylic acids is 2. The molecule has 0 radical (unpaired) electrons. The third-order valence-electron chi connectivity index (χ3n) is 13.4. The highest BCUT2D eigenvalue weighted by Gasteiger charge is 2.27. The second-order valence-electron chi connectivity index (χ2n) is 21.9. The Hall–Kier alpha value is -2.55. The number of phosphoric acid groups is 1. The van der Waals surface area contributed by atoms with E-state index in [1.54, 1.807) is 0 Å². The molecule has 3 atom stereocenters. The number of quaternary nitrogens is 1. The molecule has 0 aliphatic carbocycles. The van der Waals surface area contributed by atoms with Gasteiger partial charge in [-0.25, -0.2) is 0 Å². The molecule has 3 unspecified atom stereocenters. The number of phosphoric ester groups is 1. The van der Waals surface area contributed by atoms with Gasteiger partial charge in [-0.15, -0.1) is 0 Å². The number of likely N-dealkylation sites (N-methyl/N-ethyl adjacent to an activating group) is 1. The van der Waals surface area contributed by atoms with Crippen molar-refractivity contribution in [3.8, 4) is 0 Å². The Morgan fingerprint density at radius 1 is 0.500 bits per heavy atom. The van der Waals surface area contributed by atoms with E-state index in [2.05, 4.69) is 86.8 Å². The van der Waals surface area contributed by atoms with Crippen molar-refractivity contribution < 1.29 is 37.3 Å². The summed E-state index contributed by atoms with van der Waals surface area (Å²) in [7, 11) is 1.17. The summed E-state index contributed by atoms with van der Waals surface area (Å²) in [6.45, 7) is 6.68. The number of nitrogens with zero attached hydrogens (tertiary/aromatic N) is 1. The maximum atomic E-state index is 13.5. The first-order valence-corrected chi connectivity index (χ1v) is 32.2. The summed E-state index contributed by atoms with van der Waals surface area (Å²) in [5.74, 6) is -0.564. The predicted molar refractivity (Wildman–Crippen MR) is 316 cm³/mol. The van der Waals surface area contributed by atoms with E-state index in [1.807, 2.05) is 33.3 Å². The van der Waals surface area contributed by atoms with Crippen LogP contribution in [-0.2, 0) is 27.9 Å². The highest BCUT2D eigenvalue weighted by Crippen LogP contribution is 2.38. The fourth-order valence-corrected chi connectivity index (χ4v) is 9.39. The zero-order valence-electron chi connectivity index (χ0n) is 49.0. The maximum absolute atomic E-state index is 13.5. The molecule has 0 aromatic rings. The summed E-state index contributed by atoms with van der Waals surface area (Å²) < 4.78 is 30.3. The molecular weight excluding hydrogens is 940 g/mol. The third kappa shape index (κ3) is 54.2. The molecule has 74 heavy (non-hydrogen) atoms. The molecule has 0 aromatic heterocycles. The number of hydrogen-bond acceptors (Lipinski definition) is 7. The molecule has 1 amide bonds. The number of amides is 1. The predicted octanol–water partition coefficient (Wildman–Crippen LogP) is 18.2. The van der Waals surface area contributed by atoms with Crippen LogP contribution in [0.4, 0.5) is 0 Å². The molecule has 0 saturated carbocycles. The van der Waals surface area contributed by atoms with E-state index in [0.29, 0.717) is 23.9 Å². The molecule has 0 bridgehead atoms. The molecular formula is C64H117N2O7P. The minimum absolute atomic E-state index is 0.0278. The lowest BCUT2D eigenvalue weighted by Gasteiger charge is -2.30. The Labute approximate surface area is 457 Å². The van der Waals surface area contributed by atoms with Crippen LogP contribution in [-0.4, -0.2) is 69.4 Å². The van der Waals surface area contributed by atoms with Crippen LogP contribution in [0.1, 0.15) is 271 Å². The average molecular weight is 1060 g/mol. The molecule has 0 aliphatic rings. The highest BCUT2D eigenvalue weighted by atomic mass is 31.2. The van der Waals surface area contributed by atoms with Crippen molar-refractivity contribution in [1.82, 2.24) is 5.32 Å². The lowest BCUT2D eigenvalue weighted by Crippen LogP contribution is -2.47. The molecule has 1 N–H and O–H groups in total. The fourth-order valence-electron chi connectivity index (χ4n) is 8.67. The summed E-state index contributed by atoms with van der Waals surface area (Å²) in [6.07, 6.45) is 68.7. The Morgan fingerprint density at radius 2 is 0.919 bits per heavy atom.